The van der Waals surface area contributed by atoms with Gasteiger partial charge in [0.15, 0.2) is 7.14 Å². The fourth-order valence-corrected chi connectivity index (χ4v) is 10.7. The van der Waals surface area contributed by atoms with Crippen molar-refractivity contribution >= 4 is 77.2 Å². The Kier molecular flexibility index (Phi) is 7.09. The molecule has 0 saturated heterocycles. The second kappa shape index (κ2) is 12.1. The van der Waals surface area contributed by atoms with Gasteiger partial charge in [0.1, 0.15) is 0 Å². The molecule has 0 radical (unpaired) electrons. The van der Waals surface area contributed by atoms with Crippen molar-refractivity contribution in [3.8, 4) is 22.4 Å². The Balaban J connectivity index is 1.24. The maximum absolute atomic E-state index is 15.2. The van der Waals surface area contributed by atoms with Gasteiger partial charge in [-0.25, -0.2) is 4.98 Å². The molecule has 0 bridgehead atoms. The van der Waals surface area contributed by atoms with Crippen molar-refractivity contribution in [3.63, 3.8) is 0 Å². The van der Waals surface area contributed by atoms with Crippen LogP contribution < -0.4 is 15.9 Å². The van der Waals surface area contributed by atoms with E-state index in [1.807, 2.05) is 72.9 Å². The van der Waals surface area contributed by atoms with E-state index in [0.29, 0.717) is 0 Å². The Morgan fingerprint density at radius 1 is 0.404 bits per heavy atom. The van der Waals surface area contributed by atoms with Gasteiger partial charge in [-0.1, -0.05) is 170 Å². The average Bonchev–Trinajstić information content (AvgIpc) is 3.22. The van der Waals surface area contributed by atoms with Crippen LogP contribution in [0.25, 0.3) is 76.5 Å². The summed E-state index contributed by atoms with van der Waals surface area (Å²) in [6, 6.07) is 62.3. The molecule has 0 unspecified atom stereocenters. The molecular weight excluding hydrogens is 652 g/mol. The smallest absolute Gasteiger partial charge is 0.171 e. The molecule has 0 atom stereocenters. The standard InChI is InChI=1S/C48H31N2OP/c51-52(34-15-3-1-4-16-34,35-17-5-2-6-18-35)36-28-25-32(26-29-36)44-37-19-7-9-21-39(37)45(40-22-10-8-20-38(40)44)48-42-30-27-33-14-13-31-49-47(33)46(42)41-23-11-12-24-43(41)50-48/h1-31H. The lowest BCUT2D eigenvalue weighted by molar-refractivity contribution is 0.592. The van der Waals surface area contributed by atoms with Gasteiger partial charge in [-0.2, -0.15) is 0 Å². The number of fused-ring (bicyclic) bond motifs is 7. The minimum absolute atomic E-state index is 0.812. The number of hydrogen-bond donors (Lipinski definition) is 0. The number of para-hydroxylation sites is 1. The zero-order valence-corrected chi connectivity index (χ0v) is 29.0. The summed E-state index contributed by atoms with van der Waals surface area (Å²) in [5.41, 5.74) is 6.19. The van der Waals surface area contributed by atoms with Crippen LogP contribution in [-0.2, 0) is 4.57 Å². The quantitative estimate of drug-likeness (QED) is 0.103. The Morgan fingerprint density at radius 2 is 0.923 bits per heavy atom. The van der Waals surface area contributed by atoms with Gasteiger partial charge in [0.2, 0.25) is 0 Å². The van der Waals surface area contributed by atoms with Gasteiger partial charge in [0.05, 0.1) is 16.7 Å². The molecule has 2 heterocycles. The number of aromatic nitrogens is 2. The van der Waals surface area contributed by atoms with Crippen molar-refractivity contribution < 1.29 is 4.57 Å². The predicted octanol–water partition coefficient (Wildman–Crippen LogP) is 11.2. The summed E-state index contributed by atoms with van der Waals surface area (Å²) in [5, 5.41) is 11.4. The Labute approximate surface area is 301 Å². The third-order valence-electron chi connectivity index (χ3n) is 10.4. The molecule has 3 nitrogen and oxygen atoms in total. The Hall–Kier alpha value is -6.41. The van der Waals surface area contributed by atoms with Crippen molar-refractivity contribution in [3.05, 3.63) is 188 Å². The third kappa shape index (κ3) is 4.64. The fraction of sp³-hybridized carbons (Fsp3) is 0. The Morgan fingerprint density at radius 3 is 1.54 bits per heavy atom. The summed E-state index contributed by atoms with van der Waals surface area (Å²) in [4.78, 5) is 10.3. The second-order valence-electron chi connectivity index (χ2n) is 13.2. The van der Waals surface area contributed by atoms with E-state index in [9.17, 15) is 0 Å². The minimum atomic E-state index is -3.11. The molecular formula is C48H31N2OP. The highest BCUT2D eigenvalue weighted by Crippen LogP contribution is 2.47. The topological polar surface area (TPSA) is 42.9 Å². The van der Waals surface area contributed by atoms with E-state index in [-0.39, 0.29) is 0 Å². The summed E-state index contributed by atoms with van der Waals surface area (Å²) in [5.74, 6) is 0. The summed E-state index contributed by atoms with van der Waals surface area (Å²) in [7, 11) is -3.11. The SMILES string of the molecule is O=P(c1ccccc1)(c1ccccc1)c1ccc(-c2c3ccccc3c(-c3nc4ccccc4c4c3ccc3cccnc34)c3ccccc23)cc1. The first-order valence-corrected chi connectivity index (χ1v) is 19.2. The zero-order chi connectivity index (χ0) is 34.6. The van der Waals surface area contributed by atoms with Crippen molar-refractivity contribution in [1.29, 1.82) is 0 Å². The average molecular weight is 683 g/mol. The highest BCUT2D eigenvalue weighted by atomic mass is 31.2. The first-order chi connectivity index (χ1) is 25.7. The molecule has 244 valence electrons. The normalized spacial score (nSPS) is 11.9. The molecule has 0 N–H and O–H groups in total. The highest BCUT2D eigenvalue weighted by Gasteiger charge is 2.30. The number of benzene rings is 8. The van der Waals surface area contributed by atoms with Crippen LogP contribution in [-0.4, -0.2) is 9.97 Å². The van der Waals surface area contributed by atoms with E-state index in [4.69, 9.17) is 9.97 Å². The van der Waals surface area contributed by atoms with Crippen LogP contribution in [0.3, 0.4) is 0 Å². The molecule has 0 aliphatic heterocycles. The van der Waals surface area contributed by atoms with Gasteiger partial charge in [-0.05, 0) is 44.8 Å². The van der Waals surface area contributed by atoms with Crippen LogP contribution in [0.2, 0.25) is 0 Å². The molecule has 2 aromatic heterocycles. The third-order valence-corrected chi connectivity index (χ3v) is 13.4. The summed E-state index contributed by atoms with van der Waals surface area (Å²) in [6.07, 6.45) is 1.88. The highest BCUT2D eigenvalue weighted by molar-refractivity contribution is 7.85. The number of pyridine rings is 2. The second-order valence-corrected chi connectivity index (χ2v) is 16.0. The summed E-state index contributed by atoms with van der Waals surface area (Å²) >= 11 is 0. The molecule has 8 aromatic carbocycles. The number of nitrogens with zero attached hydrogens (tertiary/aromatic N) is 2. The molecule has 10 aromatic rings. The van der Waals surface area contributed by atoms with E-state index in [1.165, 1.54) is 0 Å². The monoisotopic (exact) mass is 682 g/mol. The molecule has 52 heavy (non-hydrogen) atoms. The van der Waals surface area contributed by atoms with E-state index >= 15 is 4.57 Å². The largest absolute Gasteiger partial charge is 0.309 e. The van der Waals surface area contributed by atoms with Crippen molar-refractivity contribution in [2.24, 2.45) is 0 Å². The molecule has 10 rings (SSSR count). The van der Waals surface area contributed by atoms with Crippen LogP contribution in [0.1, 0.15) is 0 Å². The first-order valence-electron chi connectivity index (χ1n) is 17.5. The van der Waals surface area contributed by atoms with Gasteiger partial charge in [0.25, 0.3) is 0 Å². The van der Waals surface area contributed by atoms with Gasteiger partial charge >= 0.3 is 0 Å². The minimum Gasteiger partial charge on any atom is -0.309 e. The maximum atomic E-state index is 15.2. The lowest BCUT2D eigenvalue weighted by Gasteiger charge is -2.21. The number of rotatable bonds is 5. The van der Waals surface area contributed by atoms with Crippen LogP contribution in [0, 0.1) is 0 Å². The summed E-state index contributed by atoms with van der Waals surface area (Å²) in [6.45, 7) is 0. The van der Waals surface area contributed by atoms with E-state index in [1.54, 1.807) is 0 Å². The van der Waals surface area contributed by atoms with Gasteiger partial charge < -0.3 is 4.57 Å². The molecule has 4 heteroatoms. The fourth-order valence-electron chi connectivity index (χ4n) is 8.02. The van der Waals surface area contributed by atoms with E-state index in [0.717, 1.165) is 92.4 Å². The maximum Gasteiger partial charge on any atom is 0.171 e. The predicted molar refractivity (Wildman–Crippen MR) is 220 cm³/mol. The number of hydrogen-bond acceptors (Lipinski definition) is 3. The molecule has 0 aliphatic rings. The van der Waals surface area contributed by atoms with E-state index in [2.05, 4.69) is 115 Å². The van der Waals surface area contributed by atoms with Gasteiger partial charge in [-0.3, -0.25) is 4.98 Å². The molecule has 0 aliphatic carbocycles. The van der Waals surface area contributed by atoms with Crippen molar-refractivity contribution in [1.82, 2.24) is 9.97 Å². The molecule has 0 spiro atoms. The molecule has 0 amide bonds. The molecule has 0 fully saturated rings. The van der Waals surface area contributed by atoms with Crippen molar-refractivity contribution in [2.75, 3.05) is 0 Å². The Bertz CT molecular complexity index is 2910. The van der Waals surface area contributed by atoms with Crippen LogP contribution in [0.5, 0.6) is 0 Å². The van der Waals surface area contributed by atoms with Crippen molar-refractivity contribution in [2.45, 2.75) is 0 Å². The summed E-state index contributed by atoms with van der Waals surface area (Å²) < 4.78 is 15.2. The molecule has 0 saturated carbocycles. The van der Waals surface area contributed by atoms with Crippen LogP contribution >= 0.6 is 7.14 Å². The van der Waals surface area contributed by atoms with E-state index < -0.39 is 7.14 Å². The van der Waals surface area contributed by atoms with Crippen LogP contribution in [0.4, 0.5) is 0 Å². The lowest BCUT2D eigenvalue weighted by Crippen LogP contribution is -2.24. The zero-order valence-electron chi connectivity index (χ0n) is 28.1. The van der Waals surface area contributed by atoms with Crippen LogP contribution in [0.15, 0.2) is 188 Å². The lowest BCUT2D eigenvalue weighted by atomic mass is 9.86. The van der Waals surface area contributed by atoms with Gasteiger partial charge in [0, 0.05) is 49.2 Å². The first kappa shape index (κ1) is 30.4. The van der Waals surface area contributed by atoms with Gasteiger partial charge in [-0.15, -0.1) is 0 Å².